The summed E-state index contributed by atoms with van der Waals surface area (Å²) in [7, 11) is 0. The topological polar surface area (TPSA) is 38.3 Å². The fourth-order valence-corrected chi connectivity index (χ4v) is 2.61. The minimum absolute atomic E-state index is 0.0371. The van der Waals surface area contributed by atoms with Crippen LogP contribution in [0.5, 0.6) is 0 Å². The van der Waals surface area contributed by atoms with Crippen LogP contribution in [-0.4, -0.2) is 6.54 Å². The summed E-state index contributed by atoms with van der Waals surface area (Å²) in [5.41, 5.74) is 3.28. The van der Waals surface area contributed by atoms with Crippen molar-refractivity contribution in [2.75, 3.05) is 6.54 Å². The van der Waals surface area contributed by atoms with E-state index >= 15 is 0 Å². The van der Waals surface area contributed by atoms with Gasteiger partial charge in [0.1, 0.15) is 17.1 Å². The first-order valence-corrected chi connectivity index (χ1v) is 7.46. The summed E-state index contributed by atoms with van der Waals surface area (Å²) < 4.78 is 11.5. The Morgan fingerprint density at radius 1 is 1.14 bits per heavy atom. The van der Waals surface area contributed by atoms with Crippen molar-refractivity contribution in [2.24, 2.45) is 0 Å². The second kappa shape index (κ2) is 5.78. The zero-order valence-corrected chi connectivity index (χ0v) is 12.8. The summed E-state index contributed by atoms with van der Waals surface area (Å²) in [5, 5.41) is 4.68. The number of rotatable bonds is 5. The van der Waals surface area contributed by atoms with E-state index in [4.69, 9.17) is 8.83 Å². The lowest BCUT2D eigenvalue weighted by Gasteiger charge is -2.14. The highest BCUT2D eigenvalue weighted by atomic mass is 16.3. The van der Waals surface area contributed by atoms with Gasteiger partial charge in [-0.15, -0.1) is 0 Å². The quantitative estimate of drug-likeness (QED) is 0.735. The van der Waals surface area contributed by atoms with E-state index in [0.717, 1.165) is 41.0 Å². The van der Waals surface area contributed by atoms with Gasteiger partial charge in [-0.1, -0.05) is 18.6 Å². The minimum atomic E-state index is 0.0371. The molecule has 3 aromatic rings. The van der Waals surface area contributed by atoms with Crippen LogP contribution in [0.4, 0.5) is 0 Å². The average Bonchev–Trinajstić information content (AvgIpc) is 3.05. The van der Waals surface area contributed by atoms with Gasteiger partial charge in [0.25, 0.3) is 0 Å². The van der Waals surface area contributed by atoms with E-state index in [-0.39, 0.29) is 6.04 Å². The molecule has 0 spiro atoms. The highest BCUT2D eigenvalue weighted by Crippen LogP contribution is 2.29. The summed E-state index contributed by atoms with van der Waals surface area (Å²) >= 11 is 0. The highest BCUT2D eigenvalue weighted by Gasteiger charge is 2.19. The van der Waals surface area contributed by atoms with Gasteiger partial charge in [0, 0.05) is 10.9 Å². The summed E-state index contributed by atoms with van der Waals surface area (Å²) in [6.07, 6.45) is 2.88. The Bertz CT molecular complexity index is 739. The second-order valence-electron chi connectivity index (χ2n) is 5.57. The van der Waals surface area contributed by atoms with E-state index in [1.54, 1.807) is 6.26 Å². The summed E-state index contributed by atoms with van der Waals surface area (Å²) in [6, 6.07) is 10.5. The monoisotopic (exact) mass is 283 g/mol. The van der Waals surface area contributed by atoms with Crippen LogP contribution in [0, 0.1) is 13.8 Å². The molecule has 1 atom stereocenters. The van der Waals surface area contributed by atoms with Crippen LogP contribution < -0.4 is 5.32 Å². The first-order chi connectivity index (χ1) is 10.2. The lowest BCUT2D eigenvalue weighted by atomic mass is 10.1. The lowest BCUT2D eigenvalue weighted by Crippen LogP contribution is -2.22. The predicted octanol–water partition coefficient (Wildman–Crippen LogP) is 4.73. The van der Waals surface area contributed by atoms with Gasteiger partial charge in [0.2, 0.25) is 0 Å². The molecular formula is C18H21NO2. The van der Waals surface area contributed by atoms with Gasteiger partial charge in [-0.2, -0.15) is 0 Å². The van der Waals surface area contributed by atoms with Crippen molar-refractivity contribution in [3.8, 4) is 0 Å². The SMILES string of the molecule is CCCNC(c1coc(C)c1)c1cc2cc(C)ccc2o1. The molecule has 0 amide bonds. The molecule has 21 heavy (non-hydrogen) atoms. The van der Waals surface area contributed by atoms with Crippen molar-refractivity contribution in [3.05, 3.63) is 59.2 Å². The van der Waals surface area contributed by atoms with Gasteiger partial charge in [-0.05, 0) is 51.1 Å². The maximum atomic E-state index is 6.04. The average molecular weight is 283 g/mol. The Hall–Kier alpha value is -2.00. The summed E-state index contributed by atoms with van der Waals surface area (Å²) in [4.78, 5) is 0. The number of furan rings is 2. The molecule has 0 saturated carbocycles. The fraction of sp³-hybridized carbons (Fsp3) is 0.333. The van der Waals surface area contributed by atoms with Crippen LogP contribution in [0.25, 0.3) is 11.0 Å². The molecular weight excluding hydrogens is 262 g/mol. The molecule has 0 aliphatic heterocycles. The van der Waals surface area contributed by atoms with Crippen LogP contribution in [0.2, 0.25) is 0 Å². The summed E-state index contributed by atoms with van der Waals surface area (Å²) in [6.45, 7) is 7.15. The third-order valence-electron chi connectivity index (χ3n) is 3.66. The molecule has 1 unspecified atom stereocenters. The van der Waals surface area contributed by atoms with E-state index < -0.39 is 0 Å². The number of aryl methyl sites for hydroxylation is 2. The van der Waals surface area contributed by atoms with Crippen LogP contribution >= 0.6 is 0 Å². The van der Waals surface area contributed by atoms with Crippen LogP contribution in [-0.2, 0) is 0 Å². The Morgan fingerprint density at radius 3 is 2.71 bits per heavy atom. The highest BCUT2D eigenvalue weighted by molar-refractivity contribution is 5.78. The zero-order chi connectivity index (χ0) is 14.8. The van der Waals surface area contributed by atoms with Gasteiger partial charge in [-0.25, -0.2) is 0 Å². The molecule has 1 aromatic carbocycles. The Balaban J connectivity index is 2.00. The molecule has 2 heterocycles. The van der Waals surface area contributed by atoms with Gasteiger partial charge in [-0.3, -0.25) is 0 Å². The Morgan fingerprint density at radius 2 is 2.00 bits per heavy atom. The standard InChI is InChI=1S/C18H21NO2/c1-4-7-19-18(15-9-13(3)20-11-15)17-10-14-8-12(2)5-6-16(14)21-17/h5-6,8-11,18-19H,4,7H2,1-3H3. The number of benzene rings is 1. The maximum absolute atomic E-state index is 6.04. The normalized spacial score (nSPS) is 12.9. The van der Waals surface area contributed by atoms with E-state index in [1.165, 1.54) is 5.56 Å². The molecule has 0 bridgehead atoms. The fourth-order valence-electron chi connectivity index (χ4n) is 2.61. The molecule has 2 aromatic heterocycles. The van der Waals surface area contributed by atoms with E-state index in [0.29, 0.717) is 0 Å². The van der Waals surface area contributed by atoms with Crippen molar-refractivity contribution in [1.82, 2.24) is 5.32 Å². The Labute approximate surface area is 124 Å². The first kappa shape index (κ1) is 14.0. The zero-order valence-electron chi connectivity index (χ0n) is 12.8. The summed E-state index contributed by atoms with van der Waals surface area (Å²) in [5.74, 6) is 1.85. The van der Waals surface area contributed by atoms with Crippen molar-refractivity contribution < 1.29 is 8.83 Å². The minimum Gasteiger partial charge on any atom is -0.469 e. The molecule has 3 heteroatoms. The molecule has 0 aliphatic carbocycles. The van der Waals surface area contributed by atoms with Crippen molar-refractivity contribution in [1.29, 1.82) is 0 Å². The van der Waals surface area contributed by atoms with Crippen molar-refractivity contribution >= 4 is 11.0 Å². The van der Waals surface area contributed by atoms with Gasteiger partial charge in [0.15, 0.2) is 0 Å². The van der Waals surface area contributed by atoms with E-state index in [1.807, 2.05) is 13.0 Å². The van der Waals surface area contributed by atoms with E-state index in [9.17, 15) is 0 Å². The molecule has 0 aliphatic rings. The predicted molar refractivity (Wildman–Crippen MR) is 84.5 cm³/mol. The third-order valence-corrected chi connectivity index (χ3v) is 3.66. The second-order valence-corrected chi connectivity index (χ2v) is 5.57. The number of hydrogen-bond donors (Lipinski definition) is 1. The van der Waals surface area contributed by atoms with Crippen molar-refractivity contribution in [2.45, 2.75) is 33.2 Å². The van der Waals surface area contributed by atoms with Crippen LogP contribution in [0.3, 0.4) is 0 Å². The van der Waals surface area contributed by atoms with Gasteiger partial charge >= 0.3 is 0 Å². The van der Waals surface area contributed by atoms with Crippen LogP contribution in [0.15, 0.2) is 45.4 Å². The Kier molecular flexibility index (Phi) is 3.84. The number of fused-ring (bicyclic) bond motifs is 1. The van der Waals surface area contributed by atoms with Crippen LogP contribution in [0.1, 0.15) is 42.0 Å². The van der Waals surface area contributed by atoms with E-state index in [2.05, 4.69) is 43.4 Å². The van der Waals surface area contributed by atoms with Crippen molar-refractivity contribution in [3.63, 3.8) is 0 Å². The molecule has 0 saturated heterocycles. The molecule has 0 fully saturated rings. The van der Waals surface area contributed by atoms with Gasteiger partial charge in [0.05, 0.1) is 12.3 Å². The molecule has 110 valence electrons. The third kappa shape index (κ3) is 2.88. The number of hydrogen-bond acceptors (Lipinski definition) is 3. The first-order valence-electron chi connectivity index (χ1n) is 7.46. The maximum Gasteiger partial charge on any atom is 0.134 e. The molecule has 3 rings (SSSR count). The largest absolute Gasteiger partial charge is 0.469 e. The lowest BCUT2D eigenvalue weighted by molar-refractivity contribution is 0.463. The molecule has 1 N–H and O–H groups in total. The molecule has 3 nitrogen and oxygen atoms in total. The molecule has 0 radical (unpaired) electrons. The van der Waals surface area contributed by atoms with Gasteiger partial charge < -0.3 is 14.2 Å². The smallest absolute Gasteiger partial charge is 0.134 e. The number of nitrogens with one attached hydrogen (secondary N) is 1.